The van der Waals surface area contributed by atoms with E-state index in [1.807, 2.05) is 54.6 Å². The SMILES string of the molecule is O=C(CCc1ccc2ccccc2n1)O[C@H](C(=O)NC1CC1)c1ccccc1. The second kappa shape index (κ2) is 8.21. The first-order valence-corrected chi connectivity index (χ1v) is 9.58. The molecule has 0 spiro atoms. The minimum absolute atomic E-state index is 0.172. The molecule has 0 bridgehead atoms. The lowest BCUT2D eigenvalue weighted by molar-refractivity contribution is -0.156. The number of para-hydroxylation sites is 1. The molecule has 0 aliphatic heterocycles. The third-order valence-electron chi connectivity index (χ3n) is 4.75. The maximum absolute atomic E-state index is 12.5. The van der Waals surface area contributed by atoms with Crippen molar-refractivity contribution in [2.24, 2.45) is 0 Å². The van der Waals surface area contributed by atoms with Crippen LogP contribution in [0.5, 0.6) is 0 Å². The van der Waals surface area contributed by atoms with Gasteiger partial charge in [0.1, 0.15) is 0 Å². The molecule has 1 N–H and O–H groups in total. The molecule has 2 aromatic carbocycles. The van der Waals surface area contributed by atoms with Gasteiger partial charge in [0.05, 0.1) is 11.9 Å². The van der Waals surface area contributed by atoms with E-state index in [2.05, 4.69) is 10.3 Å². The lowest BCUT2D eigenvalue weighted by atomic mass is 10.1. The molecular weight excluding hydrogens is 352 g/mol. The lowest BCUT2D eigenvalue weighted by Gasteiger charge is -2.18. The summed E-state index contributed by atoms with van der Waals surface area (Å²) in [6.07, 6.45) is 1.68. The second-order valence-electron chi connectivity index (χ2n) is 7.06. The Hall–Kier alpha value is -3.21. The molecule has 1 aliphatic rings. The molecule has 28 heavy (non-hydrogen) atoms. The summed E-state index contributed by atoms with van der Waals surface area (Å²) < 4.78 is 5.56. The van der Waals surface area contributed by atoms with Crippen LogP contribution in [0.2, 0.25) is 0 Å². The van der Waals surface area contributed by atoms with E-state index < -0.39 is 12.1 Å². The summed E-state index contributed by atoms with van der Waals surface area (Å²) in [7, 11) is 0. The van der Waals surface area contributed by atoms with Crippen LogP contribution in [0.3, 0.4) is 0 Å². The van der Waals surface area contributed by atoms with Gasteiger partial charge in [0.25, 0.3) is 5.91 Å². The van der Waals surface area contributed by atoms with Crippen LogP contribution in [0.15, 0.2) is 66.7 Å². The average Bonchev–Trinajstić information content (AvgIpc) is 3.55. The Morgan fingerprint density at radius 2 is 1.75 bits per heavy atom. The van der Waals surface area contributed by atoms with E-state index in [1.54, 1.807) is 12.1 Å². The molecule has 0 unspecified atom stereocenters. The van der Waals surface area contributed by atoms with Gasteiger partial charge in [-0.2, -0.15) is 0 Å². The number of carbonyl (C=O) groups is 2. The Morgan fingerprint density at radius 3 is 2.54 bits per heavy atom. The quantitative estimate of drug-likeness (QED) is 0.640. The van der Waals surface area contributed by atoms with Crippen molar-refractivity contribution in [2.45, 2.75) is 37.8 Å². The molecule has 142 valence electrons. The van der Waals surface area contributed by atoms with Crippen LogP contribution in [0.1, 0.15) is 36.6 Å². The first-order valence-electron chi connectivity index (χ1n) is 9.58. The van der Waals surface area contributed by atoms with Gasteiger partial charge in [0.2, 0.25) is 6.10 Å². The highest BCUT2D eigenvalue weighted by molar-refractivity contribution is 5.85. The Kier molecular flexibility index (Phi) is 5.33. The van der Waals surface area contributed by atoms with E-state index in [0.717, 1.165) is 29.4 Å². The monoisotopic (exact) mass is 374 g/mol. The van der Waals surface area contributed by atoms with Crippen LogP contribution >= 0.6 is 0 Å². The Labute approximate surface area is 163 Å². The summed E-state index contributed by atoms with van der Waals surface area (Å²) >= 11 is 0. The van der Waals surface area contributed by atoms with E-state index in [0.29, 0.717) is 12.0 Å². The van der Waals surface area contributed by atoms with Gasteiger partial charge in [-0.3, -0.25) is 14.6 Å². The lowest BCUT2D eigenvalue weighted by Crippen LogP contribution is -2.33. The van der Waals surface area contributed by atoms with Crippen LogP contribution in [0.25, 0.3) is 10.9 Å². The molecule has 1 saturated carbocycles. The summed E-state index contributed by atoms with van der Waals surface area (Å²) in [5, 5.41) is 3.99. The van der Waals surface area contributed by atoms with Crippen molar-refractivity contribution >= 4 is 22.8 Å². The zero-order valence-corrected chi connectivity index (χ0v) is 15.5. The first-order chi connectivity index (χ1) is 13.7. The van der Waals surface area contributed by atoms with Gasteiger partial charge >= 0.3 is 5.97 Å². The van der Waals surface area contributed by atoms with Crippen molar-refractivity contribution in [1.29, 1.82) is 0 Å². The number of nitrogens with one attached hydrogen (secondary N) is 1. The number of benzene rings is 2. The Balaban J connectivity index is 1.41. The molecule has 5 nitrogen and oxygen atoms in total. The van der Waals surface area contributed by atoms with Crippen LogP contribution < -0.4 is 5.32 Å². The van der Waals surface area contributed by atoms with Crippen molar-refractivity contribution in [1.82, 2.24) is 10.3 Å². The molecule has 1 atom stereocenters. The molecule has 3 aromatic rings. The molecule has 1 fully saturated rings. The number of amides is 1. The first kappa shape index (κ1) is 18.2. The molecule has 0 saturated heterocycles. The minimum Gasteiger partial charge on any atom is -0.447 e. The number of fused-ring (bicyclic) bond motifs is 1. The third kappa shape index (κ3) is 4.55. The number of pyridine rings is 1. The van der Waals surface area contributed by atoms with Crippen molar-refractivity contribution in [3.63, 3.8) is 0 Å². The van der Waals surface area contributed by atoms with Gasteiger partial charge in [-0.25, -0.2) is 0 Å². The molecule has 1 amide bonds. The summed E-state index contributed by atoms with van der Waals surface area (Å²) in [6.45, 7) is 0. The fourth-order valence-electron chi connectivity index (χ4n) is 3.07. The summed E-state index contributed by atoms with van der Waals surface area (Å²) in [4.78, 5) is 29.6. The number of rotatable bonds is 7. The van der Waals surface area contributed by atoms with Crippen LogP contribution in [-0.2, 0) is 20.7 Å². The minimum atomic E-state index is -0.918. The van der Waals surface area contributed by atoms with Gasteiger partial charge in [-0.1, -0.05) is 54.6 Å². The number of nitrogens with zero attached hydrogens (tertiary/aromatic N) is 1. The zero-order chi connectivity index (χ0) is 19.3. The Morgan fingerprint density at radius 1 is 1.00 bits per heavy atom. The number of hydrogen-bond donors (Lipinski definition) is 1. The number of carbonyl (C=O) groups excluding carboxylic acids is 2. The largest absolute Gasteiger partial charge is 0.447 e. The Bertz CT molecular complexity index is 983. The second-order valence-corrected chi connectivity index (χ2v) is 7.06. The highest BCUT2D eigenvalue weighted by Crippen LogP contribution is 2.23. The van der Waals surface area contributed by atoms with E-state index in [1.165, 1.54) is 0 Å². The number of ether oxygens (including phenoxy) is 1. The van der Waals surface area contributed by atoms with Gasteiger partial charge in [-0.05, 0) is 25.0 Å². The predicted octanol–water partition coefficient (Wildman–Crippen LogP) is 3.73. The highest BCUT2D eigenvalue weighted by Gasteiger charge is 2.30. The number of esters is 1. The van der Waals surface area contributed by atoms with E-state index in [-0.39, 0.29) is 18.4 Å². The van der Waals surface area contributed by atoms with Crippen LogP contribution in [0, 0.1) is 0 Å². The average molecular weight is 374 g/mol. The third-order valence-corrected chi connectivity index (χ3v) is 4.75. The van der Waals surface area contributed by atoms with Gasteiger partial charge < -0.3 is 10.1 Å². The summed E-state index contributed by atoms with van der Waals surface area (Å²) in [6, 6.07) is 21.1. The summed E-state index contributed by atoms with van der Waals surface area (Å²) in [5.41, 5.74) is 2.41. The van der Waals surface area contributed by atoms with E-state index in [9.17, 15) is 9.59 Å². The molecule has 5 heteroatoms. The fraction of sp³-hybridized carbons (Fsp3) is 0.261. The van der Waals surface area contributed by atoms with E-state index >= 15 is 0 Å². The maximum Gasteiger partial charge on any atom is 0.307 e. The highest BCUT2D eigenvalue weighted by atomic mass is 16.5. The van der Waals surface area contributed by atoms with Crippen molar-refractivity contribution in [3.8, 4) is 0 Å². The number of aryl methyl sites for hydroxylation is 1. The van der Waals surface area contributed by atoms with Crippen molar-refractivity contribution in [2.75, 3.05) is 0 Å². The molecule has 0 radical (unpaired) electrons. The molecule has 1 aromatic heterocycles. The fourth-order valence-corrected chi connectivity index (χ4v) is 3.07. The normalized spacial score (nSPS) is 14.4. The smallest absolute Gasteiger partial charge is 0.307 e. The standard InChI is InChI=1S/C23H22N2O3/c26-21(15-14-18-11-10-16-6-4-5-9-20(16)24-18)28-22(17-7-2-1-3-8-17)23(27)25-19-12-13-19/h1-11,19,22H,12-15H2,(H,25,27)/t22-/m0/s1. The molecular formula is C23H22N2O3. The molecule has 1 aliphatic carbocycles. The van der Waals surface area contributed by atoms with Crippen LogP contribution in [0.4, 0.5) is 0 Å². The van der Waals surface area contributed by atoms with Gasteiger partial charge in [0.15, 0.2) is 0 Å². The van der Waals surface area contributed by atoms with Gasteiger partial charge in [0, 0.05) is 29.1 Å². The van der Waals surface area contributed by atoms with Crippen molar-refractivity contribution in [3.05, 3.63) is 78.0 Å². The summed E-state index contributed by atoms with van der Waals surface area (Å²) in [5.74, 6) is -0.666. The van der Waals surface area contributed by atoms with E-state index in [4.69, 9.17) is 4.74 Å². The zero-order valence-electron chi connectivity index (χ0n) is 15.5. The van der Waals surface area contributed by atoms with Crippen molar-refractivity contribution < 1.29 is 14.3 Å². The molecule has 4 rings (SSSR count). The molecule has 1 heterocycles. The topological polar surface area (TPSA) is 68.3 Å². The van der Waals surface area contributed by atoms with Gasteiger partial charge in [-0.15, -0.1) is 0 Å². The number of aromatic nitrogens is 1. The maximum atomic E-state index is 12.5. The predicted molar refractivity (Wildman–Crippen MR) is 107 cm³/mol. The van der Waals surface area contributed by atoms with Crippen LogP contribution in [-0.4, -0.2) is 22.9 Å². The number of hydrogen-bond acceptors (Lipinski definition) is 4.